The van der Waals surface area contributed by atoms with Gasteiger partial charge in [0.05, 0.1) is 33.5 Å². The summed E-state index contributed by atoms with van der Waals surface area (Å²) in [6.45, 7) is -4.84. The fourth-order valence-electron chi connectivity index (χ4n) is 5.88. The molecule has 58 heavy (non-hydrogen) atoms. The minimum absolute atomic E-state index is 0. The molecule has 12 atom stereocenters. The Morgan fingerprint density at radius 3 is 1.86 bits per heavy atom. The van der Waals surface area contributed by atoms with E-state index in [9.17, 15) is 57.7 Å². The Bertz CT molecular complexity index is 2390. The van der Waals surface area contributed by atoms with Crippen LogP contribution in [0.3, 0.4) is 0 Å². The van der Waals surface area contributed by atoms with E-state index in [2.05, 4.69) is 47.5 Å². The number of fused-ring (bicyclic) bond motifs is 2. The second-order valence-corrected chi connectivity index (χ2v) is 16.4. The molecule has 2 saturated heterocycles. The van der Waals surface area contributed by atoms with Gasteiger partial charge in [-0.15, -0.1) is 4.20 Å². The molecular formula is C25H38FN10O19P3. The molecule has 0 amide bonds. The third-order valence-electron chi connectivity index (χ3n) is 8.43. The van der Waals surface area contributed by atoms with Crippen molar-refractivity contribution in [1.29, 1.82) is 0 Å². The summed E-state index contributed by atoms with van der Waals surface area (Å²) in [6, 6.07) is 0. The summed E-state index contributed by atoms with van der Waals surface area (Å²) in [7, 11) is -15.5. The van der Waals surface area contributed by atoms with Crippen LogP contribution in [-0.4, -0.2) is 124 Å². The Morgan fingerprint density at radius 1 is 0.862 bits per heavy atom. The van der Waals surface area contributed by atoms with Crippen molar-refractivity contribution in [3.05, 3.63) is 33.4 Å². The number of ether oxygens (including phenoxy) is 2. The molecule has 0 spiro atoms. The summed E-state index contributed by atoms with van der Waals surface area (Å²) >= 11 is 0. The van der Waals surface area contributed by atoms with Gasteiger partial charge in [-0.1, -0.05) is 17.4 Å². The van der Waals surface area contributed by atoms with Gasteiger partial charge in [0, 0.05) is 0 Å². The van der Waals surface area contributed by atoms with Gasteiger partial charge in [-0.25, -0.2) is 13.7 Å². The maximum Gasteiger partial charge on any atom is 0.510 e. The van der Waals surface area contributed by atoms with E-state index in [-0.39, 0.29) is 41.7 Å². The first-order chi connectivity index (χ1) is 26.5. The standard InChI is InChI=1S/C24H34FN10O19P3.CH4/c1-33-7-35(18-12(33)20(41)32-24(27)30-18)22-16(39)14(37)10(53-22)5-51-57(46,47)49-3-8(54-55(25,42)43)2-48-56(44,45)50-4-9-13(36)15(38)21(52-9)34-6-28-11-17(34)29-23(26)31-19(11)40;/h6-10,13-16,21-22,36-39H,2-5H2,1H3,(H8-,26,27,29,30,31,32,40,41,42,43,44,45,46,47);1H4/t8?,9-,10-,13-,14-,15-,16-,21-,22-;/m1./s1. The van der Waals surface area contributed by atoms with Gasteiger partial charge >= 0.3 is 19.2 Å². The molecule has 0 saturated carbocycles. The van der Waals surface area contributed by atoms with E-state index in [1.54, 1.807) is 0 Å². The number of nitrogen functional groups attached to an aromatic ring is 2. The van der Waals surface area contributed by atoms with E-state index in [4.69, 9.17) is 25.8 Å². The average Bonchev–Trinajstić information content (AvgIpc) is 3.83. The van der Waals surface area contributed by atoms with Crippen molar-refractivity contribution in [3.8, 4) is 0 Å². The second-order valence-electron chi connectivity index (χ2n) is 12.4. The molecule has 324 valence electrons. The third kappa shape index (κ3) is 9.86. The number of phosphoric acid groups is 2. The molecule has 2 aliphatic rings. The van der Waals surface area contributed by atoms with Crippen LogP contribution in [0.2, 0.25) is 0 Å². The van der Waals surface area contributed by atoms with Crippen LogP contribution in [0, 0.1) is 0 Å². The number of aliphatic hydroxyl groups excluding tert-OH is 4. The first kappa shape index (κ1) is 45.4. The zero-order chi connectivity index (χ0) is 41.8. The fraction of sp³-hybridized carbons (Fsp3) is 0.600. The molecule has 0 bridgehead atoms. The lowest BCUT2D eigenvalue weighted by molar-refractivity contribution is -0.746. The van der Waals surface area contributed by atoms with Crippen molar-refractivity contribution in [2.45, 2.75) is 62.6 Å². The smallest absolute Gasteiger partial charge is 0.510 e. The number of halogens is 1. The fourth-order valence-corrected chi connectivity index (χ4v) is 7.87. The topological polar surface area (TPSA) is 435 Å². The van der Waals surface area contributed by atoms with Gasteiger partial charge in [0.25, 0.3) is 38.7 Å². The number of nitrogens with zero attached hydrogens (tertiary/aromatic N) is 5. The molecule has 2 aliphatic heterocycles. The predicted molar refractivity (Wildman–Crippen MR) is 181 cm³/mol. The lowest BCUT2D eigenvalue weighted by Crippen LogP contribution is -2.46. The van der Waals surface area contributed by atoms with Crippen LogP contribution >= 0.6 is 23.6 Å². The number of rotatable bonds is 16. The van der Waals surface area contributed by atoms with Crippen molar-refractivity contribution in [1.82, 2.24) is 29.5 Å². The Morgan fingerprint density at radius 2 is 1.34 bits per heavy atom. The molecule has 6 rings (SSSR count). The number of H-pyrrole nitrogens is 3. The van der Waals surface area contributed by atoms with Crippen LogP contribution in [0.25, 0.3) is 22.3 Å². The zero-order valence-corrected chi connectivity index (χ0v) is 31.4. The average molecular weight is 895 g/mol. The first-order valence-electron chi connectivity index (χ1n) is 16.0. The zero-order valence-electron chi connectivity index (χ0n) is 28.7. The minimum Gasteiger partial charge on any atom is -0.756 e. The number of anilines is 2. The molecule has 2 fully saturated rings. The summed E-state index contributed by atoms with van der Waals surface area (Å²) in [5.74, 6) is -0.577. The molecule has 4 aromatic rings. The van der Waals surface area contributed by atoms with Gasteiger partial charge in [0.2, 0.25) is 23.5 Å². The van der Waals surface area contributed by atoms with Crippen molar-refractivity contribution in [2.24, 2.45) is 7.05 Å². The lowest BCUT2D eigenvalue weighted by atomic mass is 10.1. The van der Waals surface area contributed by atoms with Gasteiger partial charge in [-0.05, 0) is 0 Å². The van der Waals surface area contributed by atoms with Crippen LogP contribution < -0.4 is 41.5 Å². The van der Waals surface area contributed by atoms with Crippen LogP contribution in [0.4, 0.5) is 16.1 Å². The van der Waals surface area contributed by atoms with Gasteiger partial charge in [0.1, 0.15) is 42.7 Å². The molecular weight excluding hydrogens is 856 g/mol. The molecule has 0 aliphatic carbocycles. The van der Waals surface area contributed by atoms with Gasteiger partial charge in [-0.3, -0.25) is 47.7 Å². The quantitative estimate of drug-likeness (QED) is 0.0371. The highest BCUT2D eigenvalue weighted by molar-refractivity contribution is 7.47. The lowest BCUT2D eigenvalue weighted by Gasteiger charge is -2.29. The van der Waals surface area contributed by atoms with Crippen LogP contribution in [-0.2, 0) is 52.8 Å². The van der Waals surface area contributed by atoms with Crippen molar-refractivity contribution < 1.29 is 94.2 Å². The SMILES string of the molecule is C.Cn1c[n+]([C@@H]2O[C@H](COP(=O)([O-])OCC(COP(=O)([O-])OC[C@H]3O[C@@H]([n+]4c[nH]c5c(=O)[nH]c(N)nc54)[C@H](O)[C@@H]3O)OP(=O)(O)F)[C@@H](O)[C@H]2O)c2nc(N)[nH]c(=O)c21. The molecule has 12 N–H and O–H groups in total. The Hall–Kier alpha value is -3.64. The molecule has 4 aromatic heterocycles. The molecule has 6 heterocycles. The predicted octanol–water partition coefficient (Wildman–Crippen LogP) is -5.40. The number of phosphoric ester groups is 2. The van der Waals surface area contributed by atoms with Crippen molar-refractivity contribution in [3.63, 3.8) is 0 Å². The largest absolute Gasteiger partial charge is 0.756 e. The second kappa shape index (κ2) is 17.1. The van der Waals surface area contributed by atoms with E-state index in [1.165, 1.54) is 17.9 Å². The highest BCUT2D eigenvalue weighted by Crippen LogP contribution is 2.48. The highest BCUT2D eigenvalue weighted by Gasteiger charge is 2.49. The van der Waals surface area contributed by atoms with Crippen molar-refractivity contribution >= 4 is 57.8 Å². The third-order valence-corrected chi connectivity index (χ3v) is 10.9. The van der Waals surface area contributed by atoms with E-state index in [1.807, 2.05) is 0 Å². The summed E-state index contributed by atoms with van der Waals surface area (Å²) in [6.07, 6.45) is -12.9. The van der Waals surface area contributed by atoms with Gasteiger partial charge in [0.15, 0.2) is 12.7 Å². The number of aromatic amines is 3. The summed E-state index contributed by atoms with van der Waals surface area (Å²) in [5, 5.41) is 42.2. The van der Waals surface area contributed by atoms with E-state index >= 15 is 0 Å². The number of nitrogens with one attached hydrogen (secondary N) is 3. The van der Waals surface area contributed by atoms with Crippen LogP contribution in [0.15, 0.2) is 22.2 Å². The number of aliphatic hydroxyl groups is 4. The molecule has 0 aromatic carbocycles. The van der Waals surface area contributed by atoms with E-state index in [0.717, 1.165) is 15.5 Å². The summed E-state index contributed by atoms with van der Waals surface area (Å²) in [4.78, 5) is 73.6. The number of hydrogen-bond donors (Lipinski definition) is 10. The summed E-state index contributed by atoms with van der Waals surface area (Å²) in [5.41, 5.74) is 9.63. The number of nitrogens with two attached hydrogens (primary N) is 2. The van der Waals surface area contributed by atoms with Crippen LogP contribution in [0.5, 0.6) is 0 Å². The Kier molecular flexibility index (Phi) is 13.4. The molecule has 0 radical (unpaired) electrons. The molecule has 29 nitrogen and oxygen atoms in total. The van der Waals surface area contributed by atoms with Crippen LogP contribution in [0.1, 0.15) is 19.9 Å². The van der Waals surface area contributed by atoms with Gasteiger partial charge < -0.3 is 69.2 Å². The van der Waals surface area contributed by atoms with E-state index in [0.29, 0.717) is 0 Å². The maximum absolute atomic E-state index is 13.6. The molecule has 4 unspecified atom stereocenters. The Balaban J connectivity index is 0.00000641. The first-order valence-corrected chi connectivity index (χ1v) is 20.4. The van der Waals surface area contributed by atoms with Gasteiger partial charge in [-0.2, -0.15) is 0 Å². The minimum atomic E-state index is -5.96. The Labute approximate surface area is 322 Å². The highest BCUT2D eigenvalue weighted by atomic mass is 31.2. The van der Waals surface area contributed by atoms with E-state index < -0.39 is 116 Å². The number of aromatic nitrogens is 8. The molecule has 33 heteroatoms. The number of imidazole rings is 2. The number of hydrogen-bond acceptors (Lipinski definition) is 22. The number of aryl methyl sites for hydroxylation is 1. The maximum atomic E-state index is 13.6. The van der Waals surface area contributed by atoms with Crippen molar-refractivity contribution in [2.75, 3.05) is 37.9 Å². The summed E-state index contributed by atoms with van der Waals surface area (Å²) < 4.78 is 87.1. The monoisotopic (exact) mass is 894 g/mol. The normalized spacial score (nSPS) is 28.6.